The molecule has 2 aromatic rings. The van der Waals surface area contributed by atoms with Gasteiger partial charge in [0.05, 0.1) is 11.1 Å². The maximum Gasteiger partial charge on any atom is 0.335 e. The molecular formula is C19H16O8. The van der Waals surface area contributed by atoms with E-state index < -0.39 is 35.2 Å². The molecule has 0 spiro atoms. The van der Waals surface area contributed by atoms with Crippen LogP contribution in [-0.4, -0.2) is 44.3 Å². The third-order valence-electron chi connectivity index (χ3n) is 4.53. The van der Waals surface area contributed by atoms with E-state index in [0.717, 1.165) is 0 Å². The van der Waals surface area contributed by atoms with Gasteiger partial charge in [-0.05, 0) is 42.3 Å². The summed E-state index contributed by atoms with van der Waals surface area (Å²) in [4.78, 5) is 45.5. The van der Waals surface area contributed by atoms with Crippen LogP contribution in [0.25, 0.3) is 0 Å². The van der Waals surface area contributed by atoms with Crippen LogP contribution in [0, 0.1) is 5.92 Å². The Hall–Kier alpha value is -3.68. The smallest absolute Gasteiger partial charge is 0.335 e. The Balaban J connectivity index is 2.70. The second-order valence-electron chi connectivity index (χ2n) is 6.08. The van der Waals surface area contributed by atoms with Crippen molar-refractivity contribution < 1.29 is 39.6 Å². The zero-order chi connectivity index (χ0) is 20.4. The van der Waals surface area contributed by atoms with Gasteiger partial charge in [-0.3, -0.25) is 9.59 Å². The molecule has 0 unspecified atom stereocenters. The number of rotatable bonds is 7. The van der Waals surface area contributed by atoms with Gasteiger partial charge < -0.3 is 20.4 Å². The Labute approximate surface area is 153 Å². The molecule has 0 aliphatic heterocycles. The molecule has 8 heteroatoms. The number of aliphatic carboxylic acids is 2. The zero-order valence-corrected chi connectivity index (χ0v) is 14.1. The summed E-state index contributed by atoms with van der Waals surface area (Å²) in [6.45, 7) is 1.41. The molecule has 8 nitrogen and oxygen atoms in total. The van der Waals surface area contributed by atoms with Crippen molar-refractivity contribution in [1.29, 1.82) is 0 Å². The average Bonchev–Trinajstić information content (AvgIpc) is 2.61. The van der Waals surface area contributed by atoms with Crippen LogP contribution in [0.2, 0.25) is 0 Å². The van der Waals surface area contributed by atoms with Gasteiger partial charge >= 0.3 is 23.9 Å². The van der Waals surface area contributed by atoms with Gasteiger partial charge in [-0.2, -0.15) is 0 Å². The molecule has 2 rings (SSSR count). The van der Waals surface area contributed by atoms with E-state index in [4.69, 9.17) is 10.2 Å². The predicted octanol–water partition coefficient (Wildman–Crippen LogP) is 2.17. The van der Waals surface area contributed by atoms with Crippen LogP contribution in [0.5, 0.6) is 0 Å². The van der Waals surface area contributed by atoms with Crippen molar-refractivity contribution in [3.05, 3.63) is 70.8 Å². The minimum atomic E-state index is -1.89. The highest BCUT2D eigenvalue weighted by Gasteiger charge is 2.47. The quantitative estimate of drug-likeness (QED) is 0.540. The molecule has 0 amide bonds. The van der Waals surface area contributed by atoms with E-state index in [1.54, 1.807) is 0 Å². The lowest BCUT2D eigenvalue weighted by Crippen LogP contribution is -2.43. The van der Waals surface area contributed by atoms with E-state index in [9.17, 15) is 29.4 Å². The standard InChI is InChI=1S/C19H16O8/c1-19(14(17(24)25)18(26)27,12-6-2-10(3-7-12)15(20)21)13-8-4-11(5-9-13)16(22)23/h2-9,14H,1H3,(H,20,21)(H,22,23)(H,24,25)(H,26,27). The van der Waals surface area contributed by atoms with E-state index >= 15 is 0 Å². The number of aromatic carboxylic acids is 2. The van der Waals surface area contributed by atoms with Gasteiger partial charge in [0, 0.05) is 5.41 Å². The molecule has 0 saturated carbocycles. The predicted molar refractivity (Wildman–Crippen MR) is 92.0 cm³/mol. The number of hydrogen-bond donors (Lipinski definition) is 4. The molecule has 0 aromatic heterocycles. The van der Waals surface area contributed by atoms with Crippen molar-refractivity contribution in [2.24, 2.45) is 5.92 Å². The van der Waals surface area contributed by atoms with E-state index in [2.05, 4.69) is 0 Å². The maximum absolute atomic E-state index is 11.7. The lowest BCUT2D eigenvalue weighted by Gasteiger charge is -2.34. The third-order valence-corrected chi connectivity index (χ3v) is 4.53. The van der Waals surface area contributed by atoms with Crippen molar-refractivity contribution in [2.75, 3.05) is 0 Å². The van der Waals surface area contributed by atoms with E-state index in [0.29, 0.717) is 0 Å². The zero-order valence-electron chi connectivity index (χ0n) is 14.1. The summed E-state index contributed by atoms with van der Waals surface area (Å²) < 4.78 is 0. The van der Waals surface area contributed by atoms with Gasteiger partial charge in [0.1, 0.15) is 0 Å². The normalized spacial score (nSPS) is 11.2. The van der Waals surface area contributed by atoms with Crippen molar-refractivity contribution in [2.45, 2.75) is 12.3 Å². The highest BCUT2D eigenvalue weighted by atomic mass is 16.4. The summed E-state index contributed by atoms with van der Waals surface area (Å²) in [6.07, 6.45) is 0. The molecule has 0 heterocycles. The fourth-order valence-electron chi connectivity index (χ4n) is 3.02. The number of carboxylic acid groups (broad SMARTS) is 4. The molecule has 140 valence electrons. The minimum Gasteiger partial charge on any atom is -0.481 e. The highest BCUT2D eigenvalue weighted by Crippen LogP contribution is 2.40. The molecule has 0 bridgehead atoms. The summed E-state index contributed by atoms with van der Waals surface area (Å²) in [6, 6.07) is 10.4. The van der Waals surface area contributed by atoms with Crippen LogP contribution in [-0.2, 0) is 15.0 Å². The number of hydrogen-bond acceptors (Lipinski definition) is 4. The van der Waals surface area contributed by atoms with Crippen LogP contribution < -0.4 is 0 Å². The highest BCUT2D eigenvalue weighted by molar-refractivity contribution is 5.96. The Kier molecular flexibility index (Phi) is 5.30. The molecule has 0 saturated heterocycles. The van der Waals surface area contributed by atoms with Crippen molar-refractivity contribution >= 4 is 23.9 Å². The fourth-order valence-corrected chi connectivity index (χ4v) is 3.02. The van der Waals surface area contributed by atoms with Gasteiger partial charge in [0.2, 0.25) is 0 Å². The van der Waals surface area contributed by atoms with Gasteiger partial charge in [-0.1, -0.05) is 24.3 Å². The lowest BCUT2D eigenvalue weighted by molar-refractivity contribution is -0.157. The fraction of sp³-hybridized carbons (Fsp3) is 0.158. The summed E-state index contributed by atoms with van der Waals surface area (Å²) in [5.74, 6) is -7.39. The number of carboxylic acids is 4. The summed E-state index contributed by atoms with van der Waals surface area (Å²) in [7, 11) is 0. The molecule has 0 radical (unpaired) electrons. The number of carbonyl (C=O) groups is 4. The van der Waals surface area contributed by atoms with Crippen molar-refractivity contribution in [3.8, 4) is 0 Å². The Morgan fingerprint density at radius 2 is 0.963 bits per heavy atom. The van der Waals surface area contributed by atoms with Crippen molar-refractivity contribution in [3.63, 3.8) is 0 Å². The van der Waals surface area contributed by atoms with Crippen LogP contribution in [0.3, 0.4) is 0 Å². The first-order valence-electron chi connectivity index (χ1n) is 7.72. The Morgan fingerprint density at radius 3 is 1.19 bits per heavy atom. The van der Waals surface area contributed by atoms with E-state index in [1.807, 2.05) is 0 Å². The van der Waals surface area contributed by atoms with E-state index in [-0.39, 0.29) is 22.3 Å². The topological polar surface area (TPSA) is 149 Å². The molecule has 27 heavy (non-hydrogen) atoms. The molecule has 0 aliphatic rings. The van der Waals surface area contributed by atoms with E-state index in [1.165, 1.54) is 55.5 Å². The van der Waals surface area contributed by atoms with Crippen molar-refractivity contribution in [1.82, 2.24) is 0 Å². The SMILES string of the molecule is CC(c1ccc(C(=O)O)cc1)(c1ccc(C(=O)O)cc1)C(C(=O)O)C(=O)O. The third kappa shape index (κ3) is 3.64. The minimum absolute atomic E-state index is 0.0375. The maximum atomic E-state index is 11.7. The summed E-state index contributed by atoms with van der Waals surface area (Å²) in [5, 5.41) is 37.1. The Bertz CT molecular complexity index is 825. The summed E-state index contributed by atoms with van der Waals surface area (Å²) in [5.41, 5.74) is -1.11. The Morgan fingerprint density at radius 1 is 0.667 bits per heavy atom. The second kappa shape index (κ2) is 7.28. The van der Waals surface area contributed by atoms with Crippen LogP contribution in [0.1, 0.15) is 38.8 Å². The second-order valence-corrected chi connectivity index (χ2v) is 6.08. The molecule has 4 N–H and O–H groups in total. The van der Waals surface area contributed by atoms with Gasteiger partial charge in [0.25, 0.3) is 0 Å². The molecule has 0 aliphatic carbocycles. The first-order valence-corrected chi connectivity index (χ1v) is 7.72. The average molecular weight is 372 g/mol. The lowest BCUT2D eigenvalue weighted by atomic mass is 9.67. The first kappa shape index (κ1) is 19.6. The van der Waals surface area contributed by atoms with Crippen LogP contribution in [0.4, 0.5) is 0 Å². The molecule has 2 aromatic carbocycles. The van der Waals surface area contributed by atoms with Crippen LogP contribution >= 0.6 is 0 Å². The van der Waals surface area contributed by atoms with Crippen LogP contribution in [0.15, 0.2) is 48.5 Å². The molecular weight excluding hydrogens is 356 g/mol. The van der Waals surface area contributed by atoms with Gasteiger partial charge in [-0.15, -0.1) is 0 Å². The van der Waals surface area contributed by atoms with Gasteiger partial charge in [0.15, 0.2) is 5.92 Å². The monoisotopic (exact) mass is 372 g/mol. The number of benzene rings is 2. The molecule has 0 atom stereocenters. The first-order chi connectivity index (χ1) is 12.6. The summed E-state index contributed by atoms with van der Waals surface area (Å²) >= 11 is 0. The van der Waals surface area contributed by atoms with Gasteiger partial charge in [-0.25, -0.2) is 9.59 Å². The molecule has 0 fully saturated rings. The largest absolute Gasteiger partial charge is 0.481 e.